The van der Waals surface area contributed by atoms with E-state index in [2.05, 4.69) is 0 Å². The van der Waals surface area contributed by atoms with E-state index in [9.17, 15) is 9.35 Å². The normalized spacial score (nSPS) is 18.6. The minimum atomic E-state index is -1.02. The third-order valence-corrected chi connectivity index (χ3v) is 8.00. The summed E-state index contributed by atoms with van der Waals surface area (Å²) in [5, 5.41) is 13.8. The molecule has 1 aliphatic carbocycles. The van der Waals surface area contributed by atoms with Crippen LogP contribution in [0.5, 0.6) is 0 Å². The number of halogens is 2. The number of ether oxygens (including phenoxy) is 1. The fourth-order valence-corrected chi connectivity index (χ4v) is 5.71. The Labute approximate surface area is 225 Å². The Morgan fingerprint density at radius 1 is 1.16 bits per heavy atom. The maximum absolute atomic E-state index is 15.3. The van der Waals surface area contributed by atoms with E-state index in [0.717, 1.165) is 36.9 Å². The van der Waals surface area contributed by atoms with Crippen molar-refractivity contribution in [2.45, 2.75) is 38.6 Å². The Morgan fingerprint density at radius 3 is 2.54 bits per heavy atom. The molecule has 3 aromatic rings. The van der Waals surface area contributed by atoms with Crippen LogP contribution in [-0.2, 0) is 33.7 Å². The number of benzene rings is 2. The maximum Gasteiger partial charge on any atom is 0.329 e. The molecule has 0 radical (unpaired) electrons. The van der Waals surface area contributed by atoms with E-state index in [1.165, 1.54) is 6.07 Å². The van der Waals surface area contributed by atoms with Crippen molar-refractivity contribution in [1.82, 2.24) is 9.78 Å². The summed E-state index contributed by atoms with van der Waals surface area (Å²) in [6.07, 6.45) is 6.04. The van der Waals surface area contributed by atoms with Crippen molar-refractivity contribution in [1.29, 1.82) is 0 Å². The topological polar surface area (TPSA) is 87.4 Å². The van der Waals surface area contributed by atoms with Crippen LogP contribution in [0.4, 0.5) is 4.39 Å². The van der Waals surface area contributed by atoms with E-state index in [4.69, 9.17) is 26.5 Å². The summed E-state index contributed by atoms with van der Waals surface area (Å²) < 4.78 is 34.7. The molecule has 1 N–H and O–H groups in total. The summed E-state index contributed by atoms with van der Waals surface area (Å²) in [6, 6.07) is 14.7. The first-order valence-electron chi connectivity index (χ1n) is 12.5. The Bertz CT molecular complexity index is 1200. The summed E-state index contributed by atoms with van der Waals surface area (Å²) in [5.41, 5.74) is 3.53. The number of aliphatic carboxylic acids is 1. The van der Waals surface area contributed by atoms with Gasteiger partial charge in [-0.3, -0.25) is 4.68 Å². The highest BCUT2D eigenvalue weighted by Gasteiger charge is 2.27. The van der Waals surface area contributed by atoms with Crippen molar-refractivity contribution in [3.05, 3.63) is 65.1 Å². The van der Waals surface area contributed by atoms with Gasteiger partial charge in [-0.2, -0.15) is 5.10 Å². The molecule has 1 fully saturated rings. The number of aromatic nitrogens is 2. The molecule has 0 spiro atoms. The van der Waals surface area contributed by atoms with Gasteiger partial charge in [-0.05, 0) is 43.6 Å². The summed E-state index contributed by atoms with van der Waals surface area (Å²) in [6.45, 7) is 0.877. The van der Waals surface area contributed by atoms with Gasteiger partial charge in [0.05, 0.1) is 23.6 Å². The number of rotatable bonds is 11. The molecule has 1 atom stereocenters. The van der Waals surface area contributed by atoms with Gasteiger partial charge in [0.1, 0.15) is 23.9 Å². The van der Waals surface area contributed by atoms with Crippen molar-refractivity contribution in [2.24, 2.45) is 11.8 Å². The third kappa shape index (κ3) is 7.13. The molecule has 0 saturated heterocycles. The van der Waals surface area contributed by atoms with Crippen molar-refractivity contribution in [3.63, 3.8) is 0 Å². The molecule has 1 heterocycles. The quantitative estimate of drug-likeness (QED) is 0.305. The first kappa shape index (κ1) is 27.6. The Morgan fingerprint density at radius 2 is 1.86 bits per heavy atom. The van der Waals surface area contributed by atoms with E-state index in [1.807, 2.05) is 35.0 Å². The van der Waals surface area contributed by atoms with Gasteiger partial charge in [-0.1, -0.05) is 65.2 Å². The summed E-state index contributed by atoms with van der Waals surface area (Å²) in [7, 11) is 0. The average Bonchev–Trinajstić information content (AvgIpc) is 3.23. The molecule has 198 valence electrons. The zero-order chi connectivity index (χ0) is 26.4. The van der Waals surface area contributed by atoms with Gasteiger partial charge in [0, 0.05) is 29.7 Å². The number of carboxylic acids is 1. The van der Waals surface area contributed by atoms with Crippen LogP contribution < -0.4 is 0 Å². The minimum Gasteiger partial charge on any atom is -0.617 e. The SMILES string of the molecule is C[S+]([O-])CCc1c(-c2cccc(Cl)c2F)c(-c2ccccc2)nn1C[C@H]1CC[C@@H](COCC(=O)O)CC1. The van der Waals surface area contributed by atoms with Crippen LogP contribution in [0.25, 0.3) is 22.4 Å². The fraction of sp³-hybridized carbons (Fsp3) is 0.429. The van der Waals surface area contributed by atoms with Crippen LogP contribution in [0.3, 0.4) is 0 Å². The summed E-state index contributed by atoms with van der Waals surface area (Å²) in [5.74, 6) is -0.257. The van der Waals surface area contributed by atoms with E-state index in [-0.39, 0.29) is 11.6 Å². The van der Waals surface area contributed by atoms with Crippen LogP contribution in [-0.4, -0.2) is 50.6 Å². The monoisotopic (exact) mass is 546 g/mol. The molecule has 1 saturated carbocycles. The van der Waals surface area contributed by atoms with Gasteiger partial charge < -0.3 is 14.4 Å². The van der Waals surface area contributed by atoms with Crippen LogP contribution in [0, 0.1) is 17.7 Å². The largest absolute Gasteiger partial charge is 0.617 e. The van der Waals surface area contributed by atoms with Crippen LogP contribution in [0.2, 0.25) is 5.02 Å². The molecule has 1 aliphatic rings. The van der Waals surface area contributed by atoms with Crippen molar-refractivity contribution >= 4 is 28.7 Å². The summed E-state index contributed by atoms with van der Waals surface area (Å²) in [4.78, 5) is 10.7. The smallest absolute Gasteiger partial charge is 0.329 e. The van der Waals surface area contributed by atoms with Crippen molar-refractivity contribution < 1.29 is 23.6 Å². The van der Waals surface area contributed by atoms with Crippen LogP contribution in [0.15, 0.2) is 48.5 Å². The molecule has 2 aromatic carbocycles. The Kier molecular flexibility index (Phi) is 9.65. The lowest BCUT2D eigenvalue weighted by atomic mass is 9.82. The molecule has 0 aliphatic heterocycles. The van der Waals surface area contributed by atoms with Crippen LogP contribution in [0.1, 0.15) is 31.4 Å². The lowest BCUT2D eigenvalue weighted by Gasteiger charge is -2.28. The highest BCUT2D eigenvalue weighted by atomic mass is 35.5. The van der Waals surface area contributed by atoms with E-state index in [1.54, 1.807) is 18.4 Å². The summed E-state index contributed by atoms with van der Waals surface area (Å²) >= 11 is 5.16. The van der Waals surface area contributed by atoms with Crippen molar-refractivity contribution in [2.75, 3.05) is 25.2 Å². The number of carboxylic acid groups (broad SMARTS) is 1. The molecule has 6 nitrogen and oxygen atoms in total. The molecule has 4 rings (SSSR count). The number of hydrogen-bond acceptors (Lipinski definition) is 4. The lowest BCUT2D eigenvalue weighted by Crippen LogP contribution is -2.24. The van der Waals surface area contributed by atoms with Gasteiger partial charge >= 0.3 is 5.97 Å². The minimum absolute atomic E-state index is 0.0534. The second kappa shape index (κ2) is 12.9. The maximum atomic E-state index is 15.3. The predicted octanol–water partition coefficient (Wildman–Crippen LogP) is 5.84. The Balaban J connectivity index is 1.66. The number of hydrogen-bond donors (Lipinski definition) is 1. The first-order chi connectivity index (χ1) is 17.8. The molecular formula is C28H32ClFN2O4S. The molecule has 9 heteroatoms. The van der Waals surface area contributed by atoms with Crippen molar-refractivity contribution in [3.8, 4) is 22.4 Å². The van der Waals surface area contributed by atoms with Gasteiger partial charge in [-0.25, -0.2) is 9.18 Å². The van der Waals surface area contributed by atoms with E-state index >= 15 is 4.39 Å². The van der Waals surface area contributed by atoms with Gasteiger partial charge in [0.25, 0.3) is 0 Å². The first-order valence-corrected chi connectivity index (χ1v) is 14.6. The number of nitrogens with zero attached hydrogens (tertiary/aromatic N) is 2. The number of carbonyl (C=O) groups is 1. The molecular weight excluding hydrogens is 515 g/mol. The predicted molar refractivity (Wildman–Crippen MR) is 145 cm³/mol. The second-order valence-electron chi connectivity index (χ2n) is 9.64. The molecule has 37 heavy (non-hydrogen) atoms. The average molecular weight is 547 g/mol. The molecule has 1 aromatic heterocycles. The van der Waals surface area contributed by atoms with Gasteiger partial charge in [-0.15, -0.1) is 0 Å². The van der Waals surface area contributed by atoms with E-state index < -0.39 is 23.0 Å². The molecule has 0 bridgehead atoms. The Hall–Kier alpha value is -2.39. The van der Waals surface area contributed by atoms with Gasteiger partial charge in [0.2, 0.25) is 0 Å². The van der Waals surface area contributed by atoms with Gasteiger partial charge in [0.15, 0.2) is 0 Å². The lowest BCUT2D eigenvalue weighted by molar-refractivity contribution is -0.142. The fourth-order valence-electron chi connectivity index (χ4n) is 5.06. The van der Waals surface area contributed by atoms with Crippen LogP contribution >= 0.6 is 11.6 Å². The zero-order valence-electron chi connectivity index (χ0n) is 20.9. The highest BCUT2D eigenvalue weighted by molar-refractivity contribution is 7.90. The molecule has 1 unspecified atom stereocenters. The standard InChI is InChI=1S/C28H32ClFN2O4S/c1-37(35)15-14-24-26(22-8-5-9-23(29)27(22)30)28(21-6-3-2-4-7-21)31-32(24)16-19-10-12-20(13-11-19)17-36-18-25(33)34/h2-9,19-20H,10-18H2,1H3,(H,33,34)/t19-,20+,37?. The zero-order valence-corrected chi connectivity index (χ0v) is 22.4. The molecule has 0 amide bonds. The second-order valence-corrected chi connectivity index (χ2v) is 11.6. The van der Waals surface area contributed by atoms with E-state index in [0.29, 0.717) is 54.0 Å². The third-order valence-electron chi connectivity index (χ3n) is 6.93. The highest BCUT2D eigenvalue weighted by Crippen LogP contribution is 2.39.